The predicted octanol–water partition coefficient (Wildman–Crippen LogP) is 1.69. The molecule has 0 radical (unpaired) electrons. The summed E-state index contributed by atoms with van der Waals surface area (Å²) in [4.78, 5) is 16.4. The minimum atomic E-state index is -0.201. The third kappa shape index (κ3) is 3.94. The zero-order valence-electron chi connectivity index (χ0n) is 13.3. The molecule has 1 aromatic carbocycles. The zero-order valence-corrected chi connectivity index (χ0v) is 13.3. The van der Waals surface area contributed by atoms with E-state index in [0.29, 0.717) is 17.8 Å². The fraction of sp³-hybridized carbons (Fsp3) is 0.438. The molecule has 0 spiro atoms. The number of aromatic amines is 1. The van der Waals surface area contributed by atoms with E-state index in [1.54, 1.807) is 0 Å². The molecule has 7 heteroatoms. The van der Waals surface area contributed by atoms with Crippen molar-refractivity contribution >= 4 is 11.6 Å². The van der Waals surface area contributed by atoms with Gasteiger partial charge in [-0.25, -0.2) is 10.4 Å². The van der Waals surface area contributed by atoms with E-state index in [2.05, 4.69) is 45.2 Å². The molecule has 2 heterocycles. The summed E-state index contributed by atoms with van der Waals surface area (Å²) in [5.41, 5.74) is 7.98. The van der Waals surface area contributed by atoms with Crippen molar-refractivity contribution < 1.29 is 4.79 Å². The molecule has 1 saturated heterocycles. The number of hydrazine groups is 1. The molecule has 0 aliphatic carbocycles. The summed E-state index contributed by atoms with van der Waals surface area (Å²) in [5, 5.41) is 9.58. The second kappa shape index (κ2) is 6.89. The maximum absolute atomic E-state index is 12.3. The first kappa shape index (κ1) is 15.6. The molecule has 4 N–H and O–H groups in total. The van der Waals surface area contributed by atoms with Gasteiger partial charge in [0.1, 0.15) is 12.4 Å². The Morgan fingerprint density at radius 3 is 2.74 bits per heavy atom. The Morgan fingerprint density at radius 1 is 1.30 bits per heavy atom. The number of aromatic nitrogens is 3. The molecule has 7 nitrogen and oxygen atoms in total. The van der Waals surface area contributed by atoms with Gasteiger partial charge in [0.25, 0.3) is 0 Å². The van der Waals surface area contributed by atoms with Crippen LogP contribution in [0.3, 0.4) is 0 Å². The summed E-state index contributed by atoms with van der Waals surface area (Å²) >= 11 is 0. The summed E-state index contributed by atoms with van der Waals surface area (Å²) < 4.78 is 0. The van der Waals surface area contributed by atoms with E-state index in [9.17, 15) is 4.79 Å². The van der Waals surface area contributed by atoms with Crippen molar-refractivity contribution in [3.8, 4) is 11.4 Å². The van der Waals surface area contributed by atoms with Crippen LogP contribution in [0.15, 0.2) is 30.6 Å². The summed E-state index contributed by atoms with van der Waals surface area (Å²) in [5.74, 6) is 1.30. The lowest BCUT2D eigenvalue weighted by atomic mass is 10.00. The number of nitrogens with one attached hydrogen (secondary N) is 4. The first-order chi connectivity index (χ1) is 11.1. The van der Waals surface area contributed by atoms with Crippen LogP contribution in [-0.2, 0) is 4.79 Å². The van der Waals surface area contributed by atoms with Gasteiger partial charge in [0.15, 0.2) is 5.82 Å². The molecule has 1 fully saturated rings. The monoisotopic (exact) mass is 314 g/mol. The highest BCUT2D eigenvalue weighted by molar-refractivity contribution is 5.95. The van der Waals surface area contributed by atoms with E-state index in [4.69, 9.17) is 0 Å². The van der Waals surface area contributed by atoms with Crippen LogP contribution in [0, 0.1) is 5.92 Å². The molecule has 2 unspecified atom stereocenters. The highest BCUT2D eigenvalue weighted by Crippen LogP contribution is 2.19. The second-order valence-corrected chi connectivity index (χ2v) is 6.30. The van der Waals surface area contributed by atoms with Crippen molar-refractivity contribution in [1.29, 1.82) is 0 Å². The maximum Gasteiger partial charge on any atom is 0.242 e. The molecule has 1 aliphatic heterocycles. The maximum atomic E-state index is 12.3. The van der Waals surface area contributed by atoms with Gasteiger partial charge in [-0.1, -0.05) is 13.8 Å². The molecule has 1 aliphatic rings. The smallest absolute Gasteiger partial charge is 0.242 e. The quantitative estimate of drug-likeness (QED) is 0.674. The number of amides is 1. The van der Waals surface area contributed by atoms with Gasteiger partial charge in [0.05, 0.1) is 0 Å². The van der Waals surface area contributed by atoms with Crippen molar-refractivity contribution in [3.05, 3.63) is 30.6 Å². The van der Waals surface area contributed by atoms with Crippen LogP contribution < -0.4 is 16.2 Å². The van der Waals surface area contributed by atoms with Crippen molar-refractivity contribution in [1.82, 2.24) is 26.0 Å². The first-order valence-corrected chi connectivity index (χ1v) is 7.89. The average Bonchev–Trinajstić information content (AvgIpc) is 3.19. The van der Waals surface area contributed by atoms with Crippen molar-refractivity contribution in [2.24, 2.45) is 5.92 Å². The highest BCUT2D eigenvalue weighted by atomic mass is 16.2. The predicted molar refractivity (Wildman–Crippen MR) is 88.4 cm³/mol. The standard InChI is InChI=1S/C16H22N6O/c1-10(2)7-13-8-14(21-20-13)16(23)19-12-5-3-11(4-6-12)15-17-9-18-22-15/h3-6,9-10,13-14,20-21H,7-8H2,1-2H3,(H,19,23)(H,17,18,22). The topological polar surface area (TPSA) is 94.7 Å². The number of nitrogens with zero attached hydrogens (tertiary/aromatic N) is 2. The van der Waals surface area contributed by atoms with Gasteiger partial charge in [-0.15, -0.1) is 0 Å². The molecule has 122 valence electrons. The zero-order chi connectivity index (χ0) is 16.2. The van der Waals surface area contributed by atoms with E-state index in [1.165, 1.54) is 6.33 Å². The van der Waals surface area contributed by atoms with Gasteiger partial charge in [0, 0.05) is 17.3 Å². The molecule has 23 heavy (non-hydrogen) atoms. The second-order valence-electron chi connectivity index (χ2n) is 6.30. The first-order valence-electron chi connectivity index (χ1n) is 7.89. The minimum absolute atomic E-state index is 0.0174. The SMILES string of the molecule is CC(C)CC1CC(C(=O)Nc2ccc(-c3ncn[nH]3)cc2)NN1. The molecule has 1 aromatic heterocycles. The van der Waals surface area contributed by atoms with Gasteiger partial charge in [0.2, 0.25) is 5.91 Å². The lowest BCUT2D eigenvalue weighted by Crippen LogP contribution is -2.40. The molecule has 3 rings (SSSR count). The van der Waals surface area contributed by atoms with Gasteiger partial charge in [-0.05, 0) is 43.0 Å². The third-order valence-corrected chi connectivity index (χ3v) is 3.90. The summed E-state index contributed by atoms with van der Waals surface area (Å²) in [7, 11) is 0. The summed E-state index contributed by atoms with van der Waals surface area (Å²) in [6.45, 7) is 4.37. The molecule has 2 atom stereocenters. The third-order valence-electron chi connectivity index (χ3n) is 3.90. The highest BCUT2D eigenvalue weighted by Gasteiger charge is 2.29. The average molecular weight is 314 g/mol. The van der Waals surface area contributed by atoms with Crippen molar-refractivity contribution in [3.63, 3.8) is 0 Å². The number of carbonyl (C=O) groups is 1. The van der Waals surface area contributed by atoms with Crippen LogP contribution in [0.25, 0.3) is 11.4 Å². The van der Waals surface area contributed by atoms with E-state index in [0.717, 1.165) is 24.1 Å². The molecular formula is C16H22N6O. The Hall–Kier alpha value is -2.25. The number of H-pyrrole nitrogens is 1. The van der Waals surface area contributed by atoms with Crippen LogP contribution in [0.5, 0.6) is 0 Å². The molecular weight excluding hydrogens is 292 g/mol. The lowest BCUT2D eigenvalue weighted by molar-refractivity contribution is -0.117. The van der Waals surface area contributed by atoms with Crippen LogP contribution in [-0.4, -0.2) is 33.2 Å². The Kier molecular flexibility index (Phi) is 4.68. The van der Waals surface area contributed by atoms with Crippen molar-refractivity contribution in [2.45, 2.75) is 38.8 Å². The molecule has 0 bridgehead atoms. The van der Waals surface area contributed by atoms with E-state index in [1.807, 2.05) is 24.3 Å². The summed E-state index contributed by atoms with van der Waals surface area (Å²) in [6, 6.07) is 7.68. The Labute approximate surface area is 135 Å². The molecule has 2 aromatic rings. The van der Waals surface area contributed by atoms with Crippen LogP contribution in [0.4, 0.5) is 5.69 Å². The van der Waals surface area contributed by atoms with Gasteiger partial charge in [-0.2, -0.15) is 5.10 Å². The van der Waals surface area contributed by atoms with Crippen molar-refractivity contribution in [2.75, 3.05) is 5.32 Å². The van der Waals surface area contributed by atoms with E-state index >= 15 is 0 Å². The number of anilines is 1. The fourth-order valence-corrected chi connectivity index (χ4v) is 2.80. The van der Waals surface area contributed by atoms with Gasteiger partial charge in [-0.3, -0.25) is 15.3 Å². The normalized spacial score (nSPS) is 20.8. The molecule has 0 saturated carbocycles. The number of hydrogen-bond donors (Lipinski definition) is 4. The minimum Gasteiger partial charge on any atom is -0.325 e. The Bertz CT molecular complexity index is 637. The number of rotatable bonds is 5. The lowest BCUT2D eigenvalue weighted by Gasteiger charge is -2.12. The van der Waals surface area contributed by atoms with E-state index in [-0.39, 0.29) is 11.9 Å². The van der Waals surface area contributed by atoms with Gasteiger partial charge >= 0.3 is 0 Å². The Morgan fingerprint density at radius 2 is 2.09 bits per heavy atom. The number of benzene rings is 1. The largest absolute Gasteiger partial charge is 0.325 e. The molecule has 1 amide bonds. The summed E-state index contributed by atoms with van der Waals surface area (Å²) in [6.07, 6.45) is 3.33. The fourth-order valence-electron chi connectivity index (χ4n) is 2.80. The Balaban J connectivity index is 1.56. The van der Waals surface area contributed by atoms with Crippen LogP contribution in [0.1, 0.15) is 26.7 Å². The number of carbonyl (C=O) groups excluding carboxylic acids is 1. The van der Waals surface area contributed by atoms with Crippen LogP contribution >= 0.6 is 0 Å². The van der Waals surface area contributed by atoms with Crippen LogP contribution in [0.2, 0.25) is 0 Å². The van der Waals surface area contributed by atoms with Gasteiger partial charge < -0.3 is 5.32 Å². The van der Waals surface area contributed by atoms with E-state index < -0.39 is 0 Å². The number of hydrogen-bond acceptors (Lipinski definition) is 5.